The maximum atomic E-state index is 12.0. The van der Waals surface area contributed by atoms with E-state index in [-0.39, 0.29) is 17.7 Å². The quantitative estimate of drug-likeness (QED) is 0.812. The lowest BCUT2D eigenvalue weighted by molar-refractivity contribution is -0.121. The molecule has 0 radical (unpaired) electrons. The van der Waals surface area contributed by atoms with Crippen molar-refractivity contribution in [3.8, 4) is 0 Å². The number of carbonyl (C=O) groups excluding carboxylic acids is 1. The van der Waals surface area contributed by atoms with Crippen LogP contribution in [0.4, 0.5) is 0 Å². The van der Waals surface area contributed by atoms with E-state index in [1.807, 2.05) is 0 Å². The van der Waals surface area contributed by atoms with Crippen molar-refractivity contribution in [3.05, 3.63) is 0 Å². The molecule has 0 aromatic rings. The second-order valence-corrected chi connectivity index (χ2v) is 7.78. The van der Waals surface area contributed by atoms with E-state index in [4.69, 9.17) is 0 Å². The summed E-state index contributed by atoms with van der Waals surface area (Å²) in [6.45, 7) is 2.17. The molecule has 1 saturated carbocycles. The Balaban J connectivity index is 1.95. The number of sulfone groups is 1. The molecule has 1 heterocycles. The van der Waals surface area contributed by atoms with Crippen molar-refractivity contribution >= 4 is 15.7 Å². The first-order chi connectivity index (χ1) is 7.99. The lowest BCUT2D eigenvalue weighted by Gasteiger charge is -2.23. The van der Waals surface area contributed by atoms with Crippen LogP contribution in [-0.2, 0) is 14.6 Å². The van der Waals surface area contributed by atoms with Gasteiger partial charge in [-0.2, -0.15) is 0 Å². The molecule has 17 heavy (non-hydrogen) atoms. The Morgan fingerprint density at radius 2 is 1.94 bits per heavy atom. The highest BCUT2D eigenvalue weighted by atomic mass is 32.2. The number of nitrogens with one attached hydrogen (secondary N) is 1. The third-order valence-electron chi connectivity index (χ3n) is 3.91. The van der Waals surface area contributed by atoms with Gasteiger partial charge in [0.15, 0.2) is 9.84 Å². The molecule has 98 valence electrons. The number of rotatable bonds is 2. The minimum Gasteiger partial charge on any atom is -0.352 e. The van der Waals surface area contributed by atoms with E-state index in [0.717, 1.165) is 25.7 Å². The first-order valence-electron chi connectivity index (χ1n) is 6.51. The van der Waals surface area contributed by atoms with Gasteiger partial charge in [0.05, 0.1) is 5.75 Å². The molecule has 1 saturated heterocycles. The standard InChI is InChI=1S/C12H21NO3S/c1-9-5-6-10(8-9)13-12(14)11-4-2-3-7-17(11,15)16/h9-11H,2-8H2,1H3,(H,13,14). The van der Waals surface area contributed by atoms with Crippen LogP contribution >= 0.6 is 0 Å². The molecule has 1 N–H and O–H groups in total. The molecule has 4 nitrogen and oxygen atoms in total. The minimum absolute atomic E-state index is 0.173. The number of hydrogen-bond donors (Lipinski definition) is 1. The Morgan fingerprint density at radius 1 is 1.18 bits per heavy atom. The summed E-state index contributed by atoms with van der Waals surface area (Å²) in [4.78, 5) is 12.0. The predicted molar refractivity (Wildman–Crippen MR) is 66.4 cm³/mol. The zero-order chi connectivity index (χ0) is 12.5. The second kappa shape index (κ2) is 4.96. The number of amides is 1. The number of carbonyl (C=O) groups is 1. The van der Waals surface area contributed by atoms with E-state index < -0.39 is 15.1 Å². The van der Waals surface area contributed by atoms with Crippen molar-refractivity contribution in [2.45, 2.75) is 56.7 Å². The molecule has 0 aromatic heterocycles. The lowest BCUT2D eigenvalue weighted by atomic mass is 10.1. The third kappa shape index (κ3) is 3.00. The van der Waals surface area contributed by atoms with Crippen LogP contribution in [0.25, 0.3) is 0 Å². The van der Waals surface area contributed by atoms with Gasteiger partial charge in [-0.05, 0) is 38.0 Å². The molecule has 1 amide bonds. The first-order valence-corrected chi connectivity index (χ1v) is 8.22. The Morgan fingerprint density at radius 3 is 2.53 bits per heavy atom. The zero-order valence-corrected chi connectivity index (χ0v) is 11.1. The highest BCUT2D eigenvalue weighted by Gasteiger charge is 2.36. The smallest absolute Gasteiger partial charge is 0.238 e. The topological polar surface area (TPSA) is 63.2 Å². The van der Waals surface area contributed by atoms with Crippen molar-refractivity contribution in [1.29, 1.82) is 0 Å². The maximum Gasteiger partial charge on any atom is 0.238 e. The van der Waals surface area contributed by atoms with E-state index in [1.54, 1.807) is 0 Å². The first kappa shape index (κ1) is 12.9. The van der Waals surface area contributed by atoms with Gasteiger partial charge in [0.25, 0.3) is 0 Å². The molecular formula is C12H21NO3S. The molecule has 2 fully saturated rings. The molecule has 1 aliphatic heterocycles. The predicted octanol–water partition coefficient (Wildman–Crippen LogP) is 1.26. The molecular weight excluding hydrogens is 238 g/mol. The zero-order valence-electron chi connectivity index (χ0n) is 10.3. The lowest BCUT2D eigenvalue weighted by Crippen LogP contribution is -2.46. The van der Waals surface area contributed by atoms with Crippen molar-refractivity contribution in [2.75, 3.05) is 5.75 Å². The minimum atomic E-state index is -3.19. The molecule has 1 aliphatic carbocycles. The van der Waals surface area contributed by atoms with Gasteiger partial charge in [-0.15, -0.1) is 0 Å². The fourth-order valence-electron chi connectivity index (χ4n) is 2.88. The molecule has 2 rings (SSSR count). The van der Waals surface area contributed by atoms with Gasteiger partial charge in [0, 0.05) is 6.04 Å². The fraction of sp³-hybridized carbons (Fsp3) is 0.917. The second-order valence-electron chi connectivity index (χ2n) is 5.48. The molecule has 0 bridgehead atoms. The normalized spacial score (nSPS) is 36.6. The van der Waals surface area contributed by atoms with Gasteiger partial charge < -0.3 is 5.32 Å². The van der Waals surface area contributed by atoms with E-state index in [0.29, 0.717) is 18.8 Å². The Bertz CT molecular complexity index is 391. The molecule has 3 unspecified atom stereocenters. The van der Waals surface area contributed by atoms with Crippen LogP contribution in [0.15, 0.2) is 0 Å². The summed E-state index contributed by atoms with van der Waals surface area (Å²) in [5.74, 6) is 0.554. The molecule has 0 aromatic carbocycles. The van der Waals surface area contributed by atoms with Gasteiger partial charge >= 0.3 is 0 Å². The van der Waals surface area contributed by atoms with Crippen LogP contribution in [0, 0.1) is 5.92 Å². The van der Waals surface area contributed by atoms with Crippen LogP contribution in [0.3, 0.4) is 0 Å². The summed E-state index contributed by atoms with van der Waals surface area (Å²) in [7, 11) is -3.19. The van der Waals surface area contributed by atoms with Gasteiger partial charge in [-0.1, -0.05) is 13.3 Å². The van der Waals surface area contributed by atoms with E-state index in [9.17, 15) is 13.2 Å². The molecule has 3 atom stereocenters. The molecule has 2 aliphatic rings. The van der Waals surface area contributed by atoms with Crippen molar-refractivity contribution in [3.63, 3.8) is 0 Å². The SMILES string of the molecule is CC1CCC(NC(=O)C2CCCCS2(=O)=O)C1. The average Bonchev–Trinajstić information content (AvgIpc) is 2.63. The van der Waals surface area contributed by atoms with Gasteiger partial charge in [0.2, 0.25) is 5.91 Å². The van der Waals surface area contributed by atoms with E-state index in [2.05, 4.69) is 12.2 Å². The average molecular weight is 259 g/mol. The van der Waals surface area contributed by atoms with Crippen LogP contribution in [0.2, 0.25) is 0 Å². The third-order valence-corrected chi connectivity index (χ3v) is 6.09. The van der Waals surface area contributed by atoms with Gasteiger partial charge in [0.1, 0.15) is 5.25 Å². The van der Waals surface area contributed by atoms with E-state index >= 15 is 0 Å². The van der Waals surface area contributed by atoms with Crippen LogP contribution in [0.1, 0.15) is 45.4 Å². The molecule has 0 spiro atoms. The number of hydrogen-bond acceptors (Lipinski definition) is 3. The summed E-state index contributed by atoms with van der Waals surface area (Å²) in [5.41, 5.74) is 0. The monoisotopic (exact) mass is 259 g/mol. The van der Waals surface area contributed by atoms with Gasteiger partial charge in [-0.3, -0.25) is 4.79 Å². The Kier molecular flexibility index (Phi) is 3.76. The molecule has 5 heteroatoms. The van der Waals surface area contributed by atoms with Crippen molar-refractivity contribution < 1.29 is 13.2 Å². The Hall–Kier alpha value is -0.580. The highest BCUT2D eigenvalue weighted by molar-refractivity contribution is 7.92. The largest absolute Gasteiger partial charge is 0.352 e. The van der Waals surface area contributed by atoms with E-state index in [1.165, 1.54) is 0 Å². The van der Waals surface area contributed by atoms with Gasteiger partial charge in [-0.25, -0.2) is 8.42 Å². The Labute approximate surface area is 103 Å². The fourth-order valence-corrected chi connectivity index (χ4v) is 4.69. The summed E-state index contributed by atoms with van der Waals surface area (Å²) in [5, 5.41) is 2.13. The summed E-state index contributed by atoms with van der Waals surface area (Å²) >= 11 is 0. The van der Waals surface area contributed by atoms with Crippen molar-refractivity contribution in [2.24, 2.45) is 5.92 Å². The maximum absolute atomic E-state index is 12.0. The van der Waals surface area contributed by atoms with Crippen LogP contribution in [-0.4, -0.2) is 31.4 Å². The highest BCUT2D eigenvalue weighted by Crippen LogP contribution is 2.26. The van der Waals surface area contributed by atoms with Crippen molar-refractivity contribution in [1.82, 2.24) is 5.32 Å². The van der Waals surface area contributed by atoms with Crippen LogP contribution < -0.4 is 5.32 Å². The van der Waals surface area contributed by atoms with Crippen LogP contribution in [0.5, 0.6) is 0 Å². The summed E-state index contributed by atoms with van der Waals surface area (Å²) in [6, 6.07) is 0.189. The summed E-state index contributed by atoms with van der Waals surface area (Å²) in [6.07, 6.45) is 5.14. The summed E-state index contributed by atoms with van der Waals surface area (Å²) < 4.78 is 23.6.